The maximum Gasteiger partial charge on any atom is 0.435 e. The van der Waals surface area contributed by atoms with E-state index in [1.54, 1.807) is 30.2 Å². The number of hydrogen-bond acceptors (Lipinski definition) is 4. The molecule has 1 aromatic heterocycles. The standard InChI is InChI=1S/C19H23F4N3O2/c1-28-14-8-6-13(7-9-14)26(11-12-4-2-3-5-15(12)20)18(27)16-10-17(25-24-16)19(21,22)23/h2-5,10,13-14,18,27H,6-9,11H2,1H3,(H,24,25)/t13-,14-,18?. The minimum Gasteiger partial charge on any atom is -0.381 e. The van der Waals surface area contributed by atoms with Crippen molar-refractivity contribution >= 4 is 0 Å². The van der Waals surface area contributed by atoms with Crippen LogP contribution in [0.1, 0.15) is 48.9 Å². The number of benzene rings is 1. The van der Waals surface area contributed by atoms with Crippen molar-refractivity contribution in [3.05, 3.63) is 53.1 Å². The Morgan fingerprint density at radius 1 is 1.25 bits per heavy atom. The zero-order valence-corrected chi connectivity index (χ0v) is 15.4. The zero-order valence-electron chi connectivity index (χ0n) is 15.4. The van der Waals surface area contributed by atoms with Gasteiger partial charge in [-0.15, -0.1) is 0 Å². The largest absolute Gasteiger partial charge is 0.435 e. The van der Waals surface area contributed by atoms with E-state index in [-0.39, 0.29) is 24.4 Å². The fourth-order valence-corrected chi connectivity index (χ4v) is 3.64. The highest BCUT2D eigenvalue weighted by atomic mass is 19.4. The fourth-order valence-electron chi connectivity index (χ4n) is 3.64. The van der Waals surface area contributed by atoms with Crippen molar-refractivity contribution in [1.29, 1.82) is 0 Å². The summed E-state index contributed by atoms with van der Waals surface area (Å²) in [5.74, 6) is -0.425. The molecule has 1 saturated carbocycles. The molecule has 5 nitrogen and oxygen atoms in total. The predicted octanol–water partition coefficient (Wildman–Crippen LogP) is 4.02. The van der Waals surface area contributed by atoms with Crippen LogP contribution in [0.2, 0.25) is 0 Å². The van der Waals surface area contributed by atoms with Crippen LogP contribution in [0.15, 0.2) is 30.3 Å². The van der Waals surface area contributed by atoms with E-state index in [0.717, 1.165) is 18.9 Å². The maximum atomic E-state index is 14.2. The number of aliphatic hydroxyl groups is 1. The SMILES string of the molecule is CO[C@H]1CC[C@H](N(Cc2ccccc2F)C(O)c2cc(C(F)(F)F)n[nH]2)CC1. The van der Waals surface area contributed by atoms with E-state index in [1.807, 2.05) is 0 Å². The van der Waals surface area contributed by atoms with Gasteiger partial charge in [0.1, 0.15) is 5.82 Å². The van der Waals surface area contributed by atoms with Gasteiger partial charge >= 0.3 is 6.18 Å². The molecule has 0 aliphatic heterocycles. The van der Waals surface area contributed by atoms with Crippen molar-refractivity contribution in [3.63, 3.8) is 0 Å². The summed E-state index contributed by atoms with van der Waals surface area (Å²) in [7, 11) is 1.64. The Balaban J connectivity index is 1.85. The normalized spacial score (nSPS) is 21.8. The quantitative estimate of drug-likeness (QED) is 0.567. The van der Waals surface area contributed by atoms with E-state index in [1.165, 1.54) is 6.07 Å². The third-order valence-electron chi connectivity index (χ3n) is 5.24. The minimum absolute atomic E-state index is 0.0660. The molecule has 3 rings (SSSR count). The maximum absolute atomic E-state index is 14.2. The van der Waals surface area contributed by atoms with Crippen LogP contribution in [0.5, 0.6) is 0 Å². The molecule has 9 heteroatoms. The van der Waals surface area contributed by atoms with Crippen LogP contribution in [-0.2, 0) is 17.5 Å². The van der Waals surface area contributed by atoms with Crippen LogP contribution in [-0.4, -0.2) is 39.5 Å². The van der Waals surface area contributed by atoms with E-state index in [2.05, 4.69) is 10.2 Å². The van der Waals surface area contributed by atoms with E-state index in [4.69, 9.17) is 4.74 Å². The second-order valence-corrected chi connectivity index (χ2v) is 7.01. The molecule has 1 aromatic carbocycles. The molecule has 0 saturated heterocycles. The summed E-state index contributed by atoms with van der Waals surface area (Å²) >= 11 is 0. The number of hydrogen-bond donors (Lipinski definition) is 2. The van der Waals surface area contributed by atoms with Crippen LogP contribution in [0.25, 0.3) is 0 Å². The van der Waals surface area contributed by atoms with Crippen molar-refractivity contribution < 1.29 is 27.4 Å². The van der Waals surface area contributed by atoms with Gasteiger partial charge in [-0.25, -0.2) is 4.39 Å². The van der Waals surface area contributed by atoms with Gasteiger partial charge in [0, 0.05) is 25.3 Å². The van der Waals surface area contributed by atoms with Crippen LogP contribution >= 0.6 is 0 Å². The number of H-pyrrole nitrogens is 1. The number of nitrogens with zero attached hydrogens (tertiary/aromatic N) is 2. The molecule has 28 heavy (non-hydrogen) atoms. The molecule has 0 spiro atoms. The average molecular weight is 401 g/mol. The Morgan fingerprint density at radius 3 is 2.50 bits per heavy atom. The van der Waals surface area contributed by atoms with E-state index in [9.17, 15) is 22.7 Å². The average Bonchev–Trinajstić information content (AvgIpc) is 3.18. The summed E-state index contributed by atoms with van der Waals surface area (Å²) in [6.07, 6.45) is -2.97. The summed E-state index contributed by atoms with van der Waals surface area (Å²) in [6, 6.07) is 6.83. The van der Waals surface area contributed by atoms with Gasteiger partial charge in [-0.05, 0) is 37.8 Å². The monoisotopic (exact) mass is 401 g/mol. The van der Waals surface area contributed by atoms with Crippen LogP contribution in [0, 0.1) is 5.82 Å². The smallest absolute Gasteiger partial charge is 0.381 e. The number of aliphatic hydroxyl groups excluding tert-OH is 1. The molecule has 0 bridgehead atoms. The lowest BCUT2D eigenvalue weighted by atomic mass is 9.91. The van der Waals surface area contributed by atoms with Gasteiger partial charge in [-0.3, -0.25) is 10.00 Å². The lowest BCUT2D eigenvalue weighted by molar-refractivity contribution is -0.141. The van der Waals surface area contributed by atoms with Crippen LogP contribution in [0.3, 0.4) is 0 Å². The fraction of sp³-hybridized carbons (Fsp3) is 0.526. The van der Waals surface area contributed by atoms with Crippen LogP contribution in [0.4, 0.5) is 17.6 Å². The Kier molecular flexibility index (Phi) is 6.36. The number of aromatic amines is 1. The summed E-state index contributed by atoms with van der Waals surface area (Å²) in [5, 5.41) is 16.3. The van der Waals surface area contributed by atoms with Crippen molar-refractivity contribution in [2.45, 2.75) is 56.8 Å². The van der Waals surface area contributed by atoms with Crippen LogP contribution < -0.4 is 0 Å². The zero-order chi connectivity index (χ0) is 20.3. The highest BCUT2D eigenvalue weighted by molar-refractivity contribution is 5.19. The second-order valence-electron chi connectivity index (χ2n) is 7.01. The van der Waals surface area contributed by atoms with E-state index < -0.39 is 23.9 Å². The molecule has 1 fully saturated rings. The van der Waals surface area contributed by atoms with E-state index in [0.29, 0.717) is 18.4 Å². The Bertz CT molecular complexity index is 773. The molecular formula is C19H23F4N3O2. The third-order valence-corrected chi connectivity index (χ3v) is 5.24. The van der Waals surface area contributed by atoms with Gasteiger partial charge in [0.2, 0.25) is 0 Å². The molecular weight excluding hydrogens is 378 g/mol. The molecule has 1 atom stereocenters. The topological polar surface area (TPSA) is 61.4 Å². The van der Waals surface area contributed by atoms with Crippen molar-refractivity contribution in [3.8, 4) is 0 Å². The highest BCUT2D eigenvalue weighted by Gasteiger charge is 2.36. The predicted molar refractivity (Wildman–Crippen MR) is 93.5 cm³/mol. The molecule has 1 aliphatic rings. The van der Waals surface area contributed by atoms with Gasteiger partial charge in [0.05, 0.1) is 11.8 Å². The van der Waals surface area contributed by atoms with Gasteiger partial charge in [0.25, 0.3) is 0 Å². The summed E-state index contributed by atoms with van der Waals surface area (Å²) in [4.78, 5) is 1.62. The molecule has 1 aliphatic carbocycles. The Morgan fingerprint density at radius 2 is 1.93 bits per heavy atom. The number of nitrogens with one attached hydrogen (secondary N) is 1. The first-order valence-electron chi connectivity index (χ1n) is 9.12. The summed E-state index contributed by atoms with van der Waals surface area (Å²) in [5.41, 5.74) is -0.806. The number of methoxy groups -OCH3 is 1. The van der Waals surface area contributed by atoms with Crippen molar-refractivity contribution in [2.75, 3.05) is 7.11 Å². The van der Waals surface area contributed by atoms with E-state index >= 15 is 0 Å². The van der Waals surface area contributed by atoms with Gasteiger partial charge < -0.3 is 9.84 Å². The Labute approximate surface area is 160 Å². The number of alkyl halides is 3. The molecule has 1 heterocycles. The highest BCUT2D eigenvalue weighted by Crippen LogP contribution is 2.34. The number of rotatable bonds is 6. The lowest BCUT2D eigenvalue weighted by Gasteiger charge is -2.39. The van der Waals surface area contributed by atoms with Gasteiger partial charge in [-0.2, -0.15) is 18.3 Å². The molecule has 1 unspecified atom stereocenters. The minimum atomic E-state index is -4.61. The second kappa shape index (κ2) is 8.59. The summed E-state index contributed by atoms with van der Waals surface area (Å²) in [6.45, 7) is 0.0660. The first kappa shape index (κ1) is 20.8. The van der Waals surface area contributed by atoms with Gasteiger partial charge in [0.15, 0.2) is 11.9 Å². The summed E-state index contributed by atoms with van der Waals surface area (Å²) < 4.78 is 58.1. The van der Waals surface area contributed by atoms with Gasteiger partial charge in [-0.1, -0.05) is 18.2 Å². The molecule has 2 N–H and O–H groups in total. The Hall–Kier alpha value is -1.97. The number of aromatic nitrogens is 2. The number of ether oxygens (including phenoxy) is 1. The first-order chi connectivity index (χ1) is 13.3. The van der Waals surface area contributed by atoms with Crippen molar-refractivity contribution in [2.24, 2.45) is 0 Å². The first-order valence-corrected chi connectivity index (χ1v) is 9.12. The van der Waals surface area contributed by atoms with Crippen molar-refractivity contribution in [1.82, 2.24) is 15.1 Å². The molecule has 0 amide bonds. The molecule has 2 aromatic rings. The molecule has 0 radical (unpaired) electrons. The third kappa shape index (κ3) is 4.71. The lowest BCUT2D eigenvalue weighted by Crippen LogP contribution is -2.41. The number of halogens is 4. The molecule has 154 valence electrons.